The quantitative estimate of drug-likeness (QED) is 0.441. The van der Waals surface area contributed by atoms with Gasteiger partial charge in [-0.05, 0) is 24.1 Å². The molecule has 5 nitrogen and oxygen atoms in total. The van der Waals surface area contributed by atoms with Gasteiger partial charge in [-0.15, -0.1) is 24.0 Å². The van der Waals surface area contributed by atoms with Gasteiger partial charge in [0.2, 0.25) is 0 Å². The Kier molecular flexibility index (Phi) is 8.68. The lowest BCUT2D eigenvalue weighted by Gasteiger charge is -2.22. The van der Waals surface area contributed by atoms with Gasteiger partial charge in [0.15, 0.2) is 5.96 Å². The van der Waals surface area contributed by atoms with Gasteiger partial charge >= 0.3 is 0 Å². The molecule has 1 saturated heterocycles. The topological polar surface area (TPSA) is 40.1 Å². The predicted octanol–water partition coefficient (Wildman–Crippen LogP) is 2.41. The molecule has 1 heterocycles. The Hall–Kier alpha value is -1.02. The van der Waals surface area contributed by atoms with Gasteiger partial charge in [-0.2, -0.15) is 0 Å². The Labute approximate surface area is 157 Å². The van der Waals surface area contributed by atoms with Crippen LogP contribution < -0.4 is 10.2 Å². The first kappa shape index (κ1) is 20.0. The zero-order valence-electron chi connectivity index (χ0n) is 14.6. The van der Waals surface area contributed by atoms with Crippen LogP contribution in [0.2, 0.25) is 0 Å². The van der Waals surface area contributed by atoms with Crippen LogP contribution in [0.4, 0.5) is 5.69 Å². The van der Waals surface area contributed by atoms with Gasteiger partial charge in [0.25, 0.3) is 0 Å². The Morgan fingerprint density at radius 3 is 2.61 bits per heavy atom. The summed E-state index contributed by atoms with van der Waals surface area (Å²) in [5, 5.41) is 3.46. The molecule has 0 radical (unpaired) electrons. The molecule has 0 aromatic heterocycles. The minimum atomic E-state index is 0. The van der Waals surface area contributed by atoms with Crippen molar-refractivity contribution in [2.45, 2.75) is 13.0 Å². The van der Waals surface area contributed by atoms with Crippen LogP contribution in [0.15, 0.2) is 29.3 Å². The van der Waals surface area contributed by atoms with Crippen molar-refractivity contribution in [3.05, 3.63) is 29.8 Å². The number of halogens is 1. The maximum absolute atomic E-state index is 5.26. The van der Waals surface area contributed by atoms with Crippen molar-refractivity contribution in [1.29, 1.82) is 0 Å². The van der Waals surface area contributed by atoms with E-state index in [9.17, 15) is 0 Å². The van der Waals surface area contributed by atoms with E-state index in [1.165, 1.54) is 17.7 Å². The predicted molar refractivity (Wildman–Crippen MR) is 108 cm³/mol. The first-order chi connectivity index (χ1) is 10.6. The highest BCUT2D eigenvalue weighted by molar-refractivity contribution is 14.0. The Bertz CT molecular complexity index is 490. The van der Waals surface area contributed by atoms with E-state index in [0.29, 0.717) is 5.92 Å². The summed E-state index contributed by atoms with van der Waals surface area (Å²) in [5.74, 6) is 1.60. The summed E-state index contributed by atoms with van der Waals surface area (Å²) in [6.07, 6.45) is 1.17. The molecule has 0 aliphatic carbocycles. The second-order valence-corrected chi connectivity index (χ2v) is 6.02. The third-order valence-corrected chi connectivity index (χ3v) is 4.10. The van der Waals surface area contributed by atoms with Crippen LogP contribution in [0.1, 0.15) is 12.0 Å². The molecule has 6 heteroatoms. The molecule has 1 aromatic carbocycles. The monoisotopic (exact) mass is 432 g/mol. The highest BCUT2D eigenvalue weighted by atomic mass is 127. The number of benzene rings is 1. The fraction of sp³-hybridized carbons (Fsp3) is 0.588. The van der Waals surface area contributed by atoms with Crippen molar-refractivity contribution >= 4 is 35.6 Å². The van der Waals surface area contributed by atoms with Crippen molar-refractivity contribution in [1.82, 2.24) is 10.2 Å². The van der Waals surface area contributed by atoms with E-state index in [4.69, 9.17) is 4.74 Å². The average molecular weight is 432 g/mol. The van der Waals surface area contributed by atoms with Gasteiger partial charge in [0.05, 0.1) is 6.61 Å². The van der Waals surface area contributed by atoms with Gasteiger partial charge in [-0.3, -0.25) is 4.99 Å². The summed E-state index contributed by atoms with van der Waals surface area (Å²) < 4.78 is 5.26. The summed E-state index contributed by atoms with van der Waals surface area (Å²) in [5.41, 5.74) is 2.48. The lowest BCUT2D eigenvalue weighted by atomic mass is 10.1. The number of ether oxygens (including phenoxy) is 1. The SMILES string of the molecule is CN=C(NCc1ccc(N(C)C)cc1)N1CCC(COC)C1.I. The molecule has 1 fully saturated rings. The molecule has 1 aliphatic heterocycles. The number of aliphatic imine (C=N–C) groups is 1. The van der Waals surface area contributed by atoms with E-state index in [0.717, 1.165) is 32.2 Å². The number of nitrogens with one attached hydrogen (secondary N) is 1. The Balaban J connectivity index is 0.00000264. The maximum atomic E-state index is 5.26. The van der Waals surface area contributed by atoms with Crippen LogP contribution in [0.25, 0.3) is 0 Å². The molecule has 0 bridgehead atoms. The van der Waals surface area contributed by atoms with E-state index in [1.54, 1.807) is 7.11 Å². The first-order valence-electron chi connectivity index (χ1n) is 7.85. The van der Waals surface area contributed by atoms with Crippen molar-refractivity contribution in [2.24, 2.45) is 10.9 Å². The fourth-order valence-corrected chi connectivity index (χ4v) is 2.82. The molecule has 1 atom stereocenters. The smallest absolute Gasteiger partial charge is 0.193 e. The first-order valence-corrected chi connectivity index (χ1v) is 7.85. The zero-order chi connectivity index (χ0) is 15.9. The summed E-state index contributed by atoms with van der Waals surface area (Å²) in [6.45, 7) is 3.70. The maximum Gasteiger partial charge on any atom is 0.193 e. The largest absolute Gasteiger partial charge is 0.384 e. The molecule has 23 heavy (non-hydrogen) atoms. The summed E-state index contributed by atoms with van der Waals surface area (Å²) in [7, 11) is 7.73. The number of anilines is 1. The normalized spacial score (nSPS) is 17.8. The molecule has 1 aliphatic rings. The van der Waals surface area contributed by atoms with E-state index < -0.39 is 0 Å². The zero-order valence-corrected chi connectivity index (χ0v) is 16.9. The summed E-state index contributed by atoms with van der Waals surface area (Å²) in [6, 6.07) is 8.61. The van der Waals surface area contributed by atoms with Crippen molar-refractivity contribution in [3.63, 3.8) is 0 Å². The highest BCUT2D eigenvalue weighted by Gasteiger charge is 2.24. The molecule has 1 unspecified atom stereocenters. The minimum Gasteiger partial charge on any atom is -0.384 e. The van der Waals surface area contributed by atoms with E-state index in [1.807, 2.05) is 7.05 Å². The third kappa shape index (κ3) is 5.84. The lowest BCUT2D eigenvalue weighted by molar-refractivity contribution is 0.157. The van der Waals surface area contributed by atoms with E-state index in [-0.39, 0.29) is 24.0 Å². The molecule has 0 saturated carbocycles. The molecule has 0 spiro atoms. The summed E-state index contributed by atoms with van der Waals surface area (Å²) in [4.78, 5) is 8.83. The number of hydrogen-bond acceptors (Lipinski definition) is 3. The number of methoxy groups -OCH3 is 1. The van der Waals surface area contributed by atoms with Gasteiger partial charge in [0, 0.05) is 59.5 Å². The molecule has 1 aromatic rings. The standard InChI is InChI=1S/C17H28N4O.HI/c1-18-17(21-10-9-15(12-21)13-22-4)19-11-14-5-7-16(8-6-14)20(2)3;/h5-8,15H,9-13H2,1-4H3,(H,18,19);1H. The van der Waals surface area contributed by atoms with Gasteiger partial charge in [0.1, 0.15) is 0 Å². The van der Waals surface area contributed by atoms with Crippen molar-refractivity contribution in [2.75, 3.05) is 52.8 Å². The molecule has 2 rings (SSSR count). The average Bonchev–Trinajstić information content (AvgIpc) is 2.97. The van der Waals surface area contributed by atoms with Crippen LogP contribution in [0.5, 0.6) is 0 Å². The number of likely N-dealkylation sites (tertiary alicyclic amines) is 1. The van der Waals surface area contributed by atoms with E-state index >= 15 is 0 Å². The van der Waals surface area contributed by atoms with Gasteiger partial charge in [-0.25, -0.2) is 0 Å². The Morgan fingerprint density at radius 1 is 1.35 bits per heavy atom. The third-order valence-electron chi connectivity index (χ3n) is 4.10. The minimum absolute atomic E-state index is 0. The summed E-state index contributed by atoms with van der Waals surface area (Å²) >= 11 is 0. The number of guanidine groups is 1. The van der Waals surface area contributed by atoms with Gasteiger partial charge < -0.3 is 19.9 Å². The van der Waals surface area contributed by atoms with Crippen LogP contribution in [-0.4, -0.2) is 58.8 Å². The number of nitrogens with zero attached hydrogens (tertiary/aromatic N) is 3. The number of hydrogen-bond donors (Lipinski definition) is 1. The Morgan fingerprint density at radius 2 is 2.04 bits per heavy atom. The molecule has 0 amide bonds. The fourth-order valence-electron chi connectivity index (χ4n) is 2.82. The van der Waals surface area contributed by atoms with Crippen LogP contribution in [0, 0.1) is 5.92 Å². The van der Waals surface area contributed by atoms with Gasteiger partial charge in [-0.1, -0.05) is 12.1 Å². The van der Waals surface area contributed by atoms with Crippen LogP contribution in [-0.2, 0) is 11.3 Å². The van der Waals surface area contributed by atoms with E-state index in [2.05, 4.69) is 58.5 Å². The molecule has 130 valence electrons. The van der Waals surface area contributed by atoms with Crippen molar-refractivity contribution < 1.29 is 4.74 Å². The molecule has 1 N–H and O–H groups in total. The highest BCUT2D eigenvalue weighted by Crippen LogP contribution is 2.17. The van der Waals surface area contributed by atoms with Crippen LogP contribution in [0.3, 0.4) is 0 Å². The number of rotatable bonds is 5. The lowest BCUT2D eigenvalue weighted by Crippen LogP contribution is -2.39. The molecular formula is C17H29IN4O. The van der Waals surface area contributed by atoms with Crippen LogP contribution >= 0.6 is 24.0 Å². The second-order valence-electron chi connectivity index (χ2n) is 6.02. The van der Waals surface area contributed by atoms with Crippen molar-refractivity contribution in [3.8, 4) is 0 Å². The second kappa shape index (κ2) is 9.97. The molecular weight excluding hydrogens is 403 g/mol.